The number of ether oxygens (including phenoxy) is 1. The van der Waals surface area contributed by atoms with Gasteiger partial charge in [-0.25, -0.2) is 14.8 Å². The Labute approximate surface area is 186 Å². The monoisotopic (exact) mass is 440 g/mol. The summed E-state index contributed by atoms with van der Waals surface area (Å²) in [7, 11) is 0. The summed E-state index contributed by atoms with van der Waals surface area (Å²) in [6, 6.07) is 7.15. The van der Waals surface area contributed by atoms with Crippen LogP contribution in [0.15, 0.2) is 36.7 Å². The summed E-state index contributed by atoms with van der Waals surface area (Å²) in [6.07, 6.45) is 5.66. The molecule has 1 aromatic carbocycles. The van der Waals surface area contributed by atoms with Crippen LogP contribution < -0.4 is 4.74 Å². The molecule has 4 rings (SSSR count). The number of carbonyl (C=O) groups excluding carboxylic acids is 1. The van der Waals surface area contributed by atoms with E-state index in [0.29, 0.717) is 49.3 Å². The predicted molar refractivity (Wildman–Crippen MR) is 116 cm³/mol. The molecule has 1 aromatic heterocycles. The number of aliphatic hydroxyl groups excluding tert-OH is 1. The molecule has 2 aliphatic heterocycles. The number of piperidine rings is 1. The maximum Gasteiger partial charge on any atom is 0.407 e. The summed E-state index contributed by atoms with van der Waals surface area (Å²) in [4.78, 5) is 35.6. The third-order valence-corrected chi connectivity index (χ3v) is 6.26. The van der Waals surface area contributed by atoms with Crippen molar-refractivity contribution < 1.29 is 24.5 Å². The van der Waals surface area contributed by atoms with E-state index in [1.165, 1.54) is 4.90 Å². The van der Waals surface area contributed by atoms with Crippen molar-refractivity contribution >= 4 is 12.0 Å². The van der Waals surface area contributed by atoms with E-state index >= 15 is 0 Å². The molecular weight excluding hydrogens is 412 g/mol. The molecule has 0 spiro atoms. The molecular formula is C23H28N4O5. The maximum absolute atomic E-state index is 12.7. The molecule has 2 aliphatic rings. The fraction of sp³-hybridized carbons (Fsp3) is 0.478. The van der Waals surface area contributed by atoms with Crippen LogP contribution in [0.5, 0.6) is 5.88 Å². The highest BCUT2D eigenvalue weighted by atomic mass is 16.5. The molecule has 0 unspecified atom stereocenters. The molecule has 0 radical (unpaired) electrons. The number of likely N-dealkylation sites (tertiary alicyclic amines) is 2. The van der Waals surface area contributed by atoms with Crippen molar-refractivity contribution in [1.82, 2.24) is 19.8 Å². The molecule has 1 atom stereocenters. The van der Waals surface area contributed by atoms with Crippen LogP contribution >= 0.6 is 0 Å². The van der Waals surface area contributed by atoms with E-state index in [1.54, 1.807) is 29.4 Å². The van der Waals surface area contributed by atoms with E-state index in [0.717, 1.165) is 31.2 Å². The van der Waals surface area contributed by atoms with Crippen molar-refractivity contribution in [3.8, 4) is 17.1 Å². The Morgan fingerprint density at radius 2 is 1.78 bits per heavy atom. The summed E-state index contributed by atoms with van der Waals surface area (Å²) in [5.74, 6) is 0.681. The topological polar surface area (TPSA) is 116 Å². The van der Waals surface area contributed by atoms with Gasteiger partial charge in [-0.2, -0.15) is 0 Å². The van der Waals surface area contributed by atoms with Crippen molar-refractivity contribution in [2.45, 2.75) is 31.7 Å². The number of amides is 2. The number of aromatic nitrogens is 2. The fourth-order valence-corrected chi connectivity index (χ4v) is 4.28. The number of carboxylic acid groups (broad SMARTS) is 1. The SMILES string of the molecule is O=C(O)N1CCC(COc2cnc(-c3ccc(C(=O)N4CCC[C@@H]4CO)cc3)cn2)CC1. The summed E-state index contributed by atoms with van der Waals surface area (Å²) < 4.78 is 5.75. The Morgan fingerprint density at radius 3 is 2.41 bits per heavy atom. The molecule has 170 valence electrons. The molecule has 0 aliphatic carbocycles. The zero-order valence-corrected chi connectivity index (χ0v) is 17.9. The minimum absolute atomic E-state index is 0.00460. The van der Waals surface area contributed by atoms with E-state index < -0.39 is 6.09 Å². The van der Waals surface area contributed by atoms with Crippen LogP contribution in [0.3, 0.4) is 0 Å². The number of hydrogen-bond donors (Lipinski definition) is 2. The molecule has 2 saturated heterocycles. The van der Waals surface area contributed by atoms with Crippen LogP contribution in [0.1, 0.15) is 36.0 Å². The predicted octanol–water partition coefficient (Wildman–Crippen LogP) is 2.51. The highest BCUT2D eigenvalue weighted by Crippen LogP contribution is 2.23. The molecule has 0 saturated carbocycles. The van der Waals surface area contributed by atoms with Gasteiger partial charge >= 0.3 is 6.09 Å². The number of carbonyl (C=O) groups is 2. The largest absolute Gasteiger partial charge is 0.476 e. The minimum Gasteiger partial charge on any atom is -0.476 e. The van der Waals surface area contributed by atoms with Gasteiger partial charge in [0, 0.05) is 30.8 Å². The van der Waals surface area contributed by atoms with Gasteiger partial charge in [0.25, 0.3) is 5.91 Å². The Balaban J connectivity index is 1.31. The number of hydrogen-bond acceptors (Lipinski definition) is 6. The van der Waals surface area contributed by atoms with Gasteiger partial charge in [-0.15, -0.1) is 0 Å². The molecule has 3 heterocycles. The molecule has 9 nitrogen and oxygen atoms in total. The van der Waals surface area contributed by atoms with Gasteiger partial charge < -0.3 is 24.7 Å². The van der Waals surface area contributed by atoms with Crippen molar-refractivity contribution in [2.75, 3.05) is 32.8 Å². The van der Waals surface area contributed by atoms with Gasteiger partial charge in [-0.1, -0.05) is 12.1 Å². The van der Waals surface area contributed by atoms with Gasteiger partial charge in [0.1, 0.15) is 0 Å². The zero-order chi connectivity index (χ0) is 22.5. The number of benzene rings is 1. The lowest BCUT2D eigenvalue weighted by atomic mass is 9.98. The first-order chi connectivity index (χ1) is 15.5. The first-order valence-corrected chi connectivity index (χ1v) is 11.0. The van der Waals surface area contributed by atoms with Gasteiger partial charge in [0.05, 0.1) is 37.3 Å². The molecule has 2 N–H and O–H groups in total. The minimum atomic E-state index is -0.867. The second kappa shape index (κ2) is 9.95. The lowest BCUT2D eigenvalue weighted by Gasteiger charge is -2.29. The molecule has 32 heavy (non-hydrogen) atoms. The van der Waals surface area contributed by atoms with Gasteiger partial charge in [-0.05, 0) is 43.7 Å². The smallest absolute Gasteiger partial charge is 0.407 e. The molecule has 9 heteroatoms. The van der Waals surface area contributed by atoms with E-state index in [9.17, 15) is 14.7 Å². The Bertz CT molecular complexity index is 926. The number of aliphatic hydroxyl groups is 1. The van der Waals surface area contributed by atoms with Gasteiger partial charge in [-0.3, -0.25) is 4.79 Å². The van der Waals surface area contributed by atoms with E-state index in [-0.39, 0.29) is 18.6 Å². The Morgan fingerprint density at radius 1 is 1.03 bits per heavy atom. The summed E-state index contributed by atoms with van der Waals surface area (Å²) >= 11 is 0. The number of rotatable bonds is 6. The van der Waals surface area contributed by atoms with Crippen molar-refractivity contribution in [2.24, 2.45) is 5.92 Å². The first kappa shape index (κ1) is 22.0. The Hall–Kier alpha value is -3.20. The zero-order valence-electron chi connectivity index (χ0n) is 17.9. The van der Waals surface area contributed by atoms with E-state index in [1.807, 2.05) is 12.1 Å². The lowest BCUT2D eigenvalue weighted by Crippen LogP contribution is -2.38. The van der Waals surface area contributed by atoms with Crippen LogP contribution in [-0.2, 0) is 0 Å². The van der Waals surface area contributed by atoms with Crippen LogP contribution in [0, 0.1) is 5.92 Å². The third kappa shape index (κ3) is 4.99. The number of nitrogens with zero attached hydrogens (tertiary/aromatic N) is 4. The second-order valence-corrected chi connectivity index (χ2v) is 8.32. The normalized spacial score (nSPS) is 19.2. The first-order valence-electron chi connectivity index (χ1n) is 11.0. The van der Waals surface area contributed by atoms with Crippen LogP contribution in [-0.4, -0.2) is 80.9 Å². The molecule has 0 bridgehead atoms. The average Bonchev–Trinajstić information content (AvgIpc) is 3.32. The summed E-state index contributed by atoms with van der Waals surface area (Å²) in [5, 5.41) is 18.5. The van der Waals surface area contributed by atoms with Crippen LogP contribution in [0.25, 0.3) is 11.3 Å². The van der Waals surface area contributed by atoms with Crippen LogP contribution in [0.2, 0.25) is 0 Å². The fourth-order valence-electron chi connectivity index (χ4n) is 4.28. The summed E-state index contributed by atoms with van der Waals surface area (Å²) in [5.41, 5.74) is 2.12. The maximum atomic E-state index is 12.7. The van der Waals surface area contributed by atoms with Crippen molar-refractivity contribution in [3.63, 3.8) is 0 Å². The van der Waals surface area contributed by atoms with Crippen molar-refractivity contribution in [3.05, 3.63) is 42.2 Å². The van der Waals surface area contributed by atoms with Crippen molar-refractivity contribution in [1.29, 1.82) is 0 Å². The quantitative estimate of drug-likeness (QED) is 0.709. The van der Waals surface area contributed by atoms with Gasteiger partial charge in [0.15, 0.2) is 0 Å². The molecule has 2 aromatic rings. The highest BCUT2D eigenvalue weighted by molar-refractivity contribution is 5.95. The Kier molecular flexibility index (Phi) is 6.84. The standard InChI is InChI=1S/C23H28N4O5/c28-14-19-2-1-9-27(19)22(29)18-5-3-17(4-6-18)20-12-25-21(13-24-20)32-15-16-7-10-26(11-8-16)23(30)31/h3-6,12-13,16,19,28H,1-2,7-11,14-15H2,(H,30,31)/t19-/m1/s1. The average molecular weight is 441 g/mol. The van der Waals surface area contributed by atoms with Gasteiger partial charge in [0.2, 0.25) is 5.88 Å². The van der Waals surface area contributed by atoms with Crippen LogP contribution in [0.4, 0.5) is 4.79 Å². The third-order valence-electron chi connectivity index (χ3n) is 6.26. The highest BCUT2D eigenvalue weighted by Gasteiger charge is 2.28. The summed E-state index contributed by atoms with van der Waals surface area (Å²) in [6.45, 7) is 2.23. The second-order valence-electron chi connectivity index (χ2n) is 8.32. The molecule has 2 amide bonds. The van der Waals surface area contributed by atoms with E-state index in [2.05, 4.69) is 9.97 Å². The van der Waals surface area contributed by atoms with E-state index in [4.69, 9.17) is 9.84 Å². The molecule has 2 fully saturated rings. The lowest BCUT2D eigenvalue weighted by molar-refractivity contribution is 0.0677.